The van der Waals surface area contributed by atoms with Crippen molar-refractivity contribution in [2.75, 3.05) is 11.1 Å². The van der Waals surface area contributed by atoms with E-state index < -0.39 is 11.7 Å². The highest BCUT2D eigenvalue weighted by atomic mass is 32.1. The van der Waals surface area contributed by atoms with Gasteiger partial charge in [0.15, 0.2) is 0 Å². The van der Waals surface area contributed by atoms with Gasteiger partial charge in [-0.1, -0.05) is 0 Å². The van der Waals surface area contributed by atoms with E-state index in [1.54, 1.807) is 11.3 Å². The van der Waals surface area contributed by atoms with Crippen LogP contribution in [0.5, 0.6) is 0 Å². The zero-order valence-electron chi connectivity index (χ0n) is 11.0. The molecule has 1 aromatic carbocycles. The Bertz CT molecular complexity index is 613. The summed E-state index contributed by atoms with van der Waals surface area (Å²) < 4.78 is 13.8. The van der Waals surface area contributed by atoms with Crippen LogP contribution in [0.4, 0.5) is 15.8 Å². The number of primary amides is 1. The molecule has 0 bridgehead atoms. The van der Waals surface area contributed by atoms with Crippen molar-refractivity contribution in [1.82, 2.24) is 0 Å². The fourth-order valence-corrected chi connectivity index (χ4v) is 2.67. The minimum absolute atomic E-state index is 0.0171. The first-order valence-corrected chi connectivity index (χ1v) is 7.08. The third-order valence-corrected chi connectivity index (χ3v) is 3.66. The van der Waals surface area contributed by atoms with Crippen LogP contribution >= 0.6 is 11.3 Å². The molecule has 1 atom stereocenters. The average molecular weight is 293 g/mol. The lowest BCUT2D eigenvalue weighted by Gasteiger charge is -2.16. The van der Waals surface area contributed by atoms with Gasteiger partial charge in [0.1, 0.15) is 5.82 Å². The van der Waals surface area contributed by atoms with Crippen LogP contribution in [0, 0.1) is 5.82 Å². The molecule has 0 spiro atoms. The minimum atomic E-state index is -0.670. The van der Waals surface area contributed by atoms with Gasteiger partial charge in [-0.05, 0) is 47.9 Å². The van der Waals surface area contributed by atoms with Crippen molar-refractivity contribution in [1.29, 1.82) is 0 Å². The van der Waals surface area contributed by atoms with Crippen molar-refractivity contribution in [2.45, 2.75) is 19.4 Å². The summed E-state index contributed by atoms with van der Waals surface area (Å²) in [7, 11) is 0. The Morgan fingerprint density at radius 1 is 1.50 bits per heavy atom. The molecule has 0 radical (unpaired) electrons. The van der Waals surface area contributed by atoms with Crippen molar-refractivity contribution in [2.24, 2.45) is 5.73 Å². The largest absolute Gasteiger partial charge is 0.398 e. The van der Waals surface area contributed by atoms with E-state index in [0.717, 1.165) is 12.5 Å². The molecular formula is C14H16FN3OS. The van der Waals surface area contributed by atoms with Crippen LogP contribution in [-0.4, -0.2) is 11.9 Å². The number of carbonyl (C=O) groups excluding carboxylic acids is 1. The fourth-order valence-electron chi connectivity index (χ4n) is 1.99. The molecule has 6 heteroatoms. The first kappa shape index (κ1) is 14.3. The topological polar surface area (TPSA) is 81.1 Å². The molecule has 5 N–H and O–H groups in total. The third kappa shape index (κ3) is 3.27. The Balaban J connectivity index is 2.16. The van der Waals surface area contributed by atoms with Gasteiger partial charge in [0.2, 0.25) is 0 Å². The van der Waals surface area contributed by atoms with E-state index in [1.807, 2.05) is 23.8 Å². The maximum atomic E-state index is 13.8. The number of nitrogen functional groups attached to an aromatic ring is 1. The lowest BCUT2D eigenvalue weighted by molar-refractivity contribution is 0.100. The van der Waals surface area contributed by atoms with Crippen LogP contribution in [0.3, 0.4) is 0 Å². The molecule has 2 aromatic rings. The number of hydrogen-bond donors (Lipinski definition) is 3. The number of thiophene rings is 1. The summed E-state index contributed by atoms with van der Waals surface area (Å²) >= 11 is 1.62. The summed E-state index contributed by atoms with van der Waals surface area (Å²) in [5, 5.41) is 7.08. The van der Waals surface area contributed by atoms with Crippen LogP contribution in [0.25, 0.3) is 0 Å². The summed E-state index contributed by atoms with van der Waals surface area (Å²) in [5.74, 6) is -1.17. The SMILES string of the molecule is CC(Cc1ccsc1)Nc1cc(C(N)=O)c(N)cc1F. The number of carbonyl (C=O) groups is 1. The quantitative estimate of drug-likeness (QED) is 0.741. The molecule has 2 rings (SSSR count). The molecule has 4 nitrogen and oxygen atoms in total. The molecule has 0 saturated heterocycles. The molecule has 0 aliphatic rings. The van der Waals surface area contributed by atoms with Crippen molar-refractivity contribution in [3.8, 4) is 0 Å². The Morgan fingerprint density at radius 2 is 2.25 bits per heavy atom. The van der Waals surface area contributed by atoms with Gasteiger partial charge in [0.05, 0.1) is 11.3 Å². The van der Waals surface area contributed by atoms with E-state index in [1.165, 1.54) is 11.6 Å². The highest BCUT2D eigenvalue weighted by Crippen LogP contribution is 2.23. The zero-order chi connectivity index (χ0) is 14.7. The second-order valence-electron chi connectivity index (χ2n) is 4.66. The summed E-state index contributed by atoms with van der Waals surface area (Å²) in [4.78, 5) is 11.2. The van der Waals surface area contributed by atoms with E-state index in [2.05, 4.69) is 5.32 Å². The molecule has 1 unspecified atom stereocenters. The van der Waals surface area contributed by atoms with Crippen LogP contribution in [0.1, 0.15) is 22.8 Å². The Kier molecular flexibility index (Phi) is 4.24. The first-order valence-electron chi connectivity index (χ1n) is 6.14. The molecule has 1 amide bonds. The van der Waals surface area contributed by atoms with Crippen LogP contribution in [0.2, 0.25) is 0 Å². The fraction of sp³-hybridized carbons (Fsp3) is 0.214. The van der Waals surface area contributed by atoms with Gasteiger partial charge < -0.3 is 16.8 Å². The Labute approximate surface area is 120 Å². The molecule has 0 aliphatic carbocycles. The molecule has 0 fully saturated rings. The second kappa shape index (κ2) is 5.92. The predicted molar refractivity (Wildman–Crippen MR) is 80.4 cm³/mol. The maximum Gasteiger partial charge on any atom is 0.250 e. The summed E-state index contributed by atoms with van der Waals surface area (Å²) in [6.07, 6.45) is 0.763. The monoisotopic (exact) mass is 293 g/mol. The number of halogens is 1. The van der Waals surface area contributed by atoms with Gasteiger partial charge in [-0.3, -0.25) is 4.79 Å². The van der Waals surface area contributed by atoms with E-state index in [-0.39, 0.29) is 23.0 Å². The Hall–Kier alpha value is -2.08. The summed E-state index contributed by atoms with van der Waals surface area (Å²) in [6, 6.07) is 4.51. The average Bonchev–Trinajstić information content (AvgIpc) is 2.84. The van der Waals surface area contributed by atoms with E-state index in [9.17, 15) is 9.18 Å². The molecular weight excluding hydrogens is 277 g/mol. The maximum absolute atomic E-state index is 13.8. The number of rotatable bonds is 5. The second-order valence-corrected chi connectivity index (χ2v) is 5.44. The van der Waals surface area contributed by atoms with Crippen LogP contribution in [0.15, 0.2) is 29.0 Å². The number of nitrogens with one attached hydrogen (secondary N) is 1. The number of amides is 1. The van der Waals surface area contributed by atoms with Gasteiger partial charge in [-0.2, -0.15) is 11.3 Å². The van der Waals surface area contributed by atoms with Crippen molar-refractivity contribution < 1.29 is 9.18 Å². The van der Waals surface area contributed by atoms with Gasteiger partial charge in [-0.25, -0.2) is 4.39 Å². The molecule has 106 valence electrons. The van der Waals surface area contributed by atoms with E-state index in [4.69, 9.17) is 11.5 Å². The lowest BCUT2D eigenvalue weighted by Crippen LogP contribution is -2.20. The van der Waals surface area contributed by atoms with Crippen molar-refractivity contribution >= 4 is 28.6 Å². The smallest absolute Gasteiger partial charge is 0.250 e. The highest BCUT2D eigenvalue weighted by Gasteiger charge is 2.13. The van der Waals surface area contributed by atoms with Gasteiger partial charge in [0.25, 0.3) is 5.91 Å². The zero-order valence-corrected chi connectivity index (χ0v) is 11.8. The molecule has 1 aromatic heterocycles. The Morgan fingerprint density at radius 3 is 2.85 bits per heavy atom. The number of hydrogen-bond acceptors (Lipinski definition) is 4. The van der Waals surface area contributed by atoms with Crippen LogP contribution < -0.4 is 16.8 Å². The summed E-state index contributed by atoms with van der Waals surface area (Å²) in [6.45, 7) is 1.94. The lowest BCUT2D eigenvalue weighted by atomic mass is 10.1. The normalized spacial score (nSPS) is 12.1. The summed E-state index contributed by atoms with van der Waals surface area (Å²) in [5.41, 5.74) is 12.4. The van der Waals surface area contributed by atoms with E-state index in [0.29, 0.717) is 0 Å². The highest BCUT2D eigenvalue weighted by molar-refractivity contribution is 7.07. The van der Waals surface area contributed by atoms with Gasteiger partial charge in [0, 0.05) is 11.7 Å². The van der Waals surface area contributed by atoms with Gasteiger partial charge >= 0.3 is 0 Å². The molecule has 1 heterocycles. The van der Waals surface area contributed by atoms with E-state index >= 15 is 0 Å². The van der Waals surface area contributed by atoms with Crippen molar-refractivity contribution in [3.63, 3.8) is 0 Å². The standard InChI is InChI=1S/C14H16FN3OS/c1-8(4-9-2-3-20-7-9)18-13-5-10(14(17)19)12(16)6-11(13)15/h2-3,5-8,18H,4,16H2,1H3,(H2,17,19). The van der Waals surface area contributed by atoms with Gasteiger partial charge in [-0.15, -0.1) is 0 Å². The molecule has 0 saturated carbocycles. The number of nitrogens with two attached hydrogens (primary N) is 2. The molecule has 20 heavy (non-hydrogen) atoms. The number of benzene rings is 1. The minimum Gasteiger partial charge on any atom is -0.398 e. The van der Waals surface area contributed by atoms with Crippen molar-refractivity contribution in [3.05, 3.63) is 45.9 Å². The first-order chi connectivity index (χ1) is 9.47. The van der Waals surface area contributed by atoms with Crippen LogP contribution in [-0.2, 0) is 6.42 Å². The third-order valence-electron chi connectivity index (χ3n) is 2.93. The predicted octanol–water partition coefficient (Wildman–Crippen LogP) is 2.61. The molecule has 0 aliphatic heterocycles. The number of anilines is 2.